The molecule has 0 bridgehead atoms. The first-order valence-electron chi connectivity index (χ1n) is 8.06. The molecule has 0 aliphatic heterocycles. The standard InChI is InChI=1S/C20H17ClN2O5/c1-12-4-3-5-15(6-12)23-20(26)14(10-22)7-13-8-16(21)19(17(9-13)27-2)28-11-18(24)25/h3-9H,11H2,1-2H3,(H,23,26)(H,24,25)/b14-7-. The van der Waals surface area contributed by atoms with E-state index in [0.29, 0.717) is 11.3 Å². The number of nitrogens with zero attached hydrogens (tertiary/aromatic N) is 1. The molecule has 8 heteroatoms. The van der Waals surface area contributed by atoms with E-state index in [1.165, 1.54) is 25.3 Å². The van der Waals surface area contributed by atoms with Gasteiger partial charge in [-0.1, -0.05) is 23.7 Å². The number of carbonyl (C=O) groups is 2. The van der Waals surface area contributed by atoms with Crippen LogP contribution in [0.25, 0.3) is 6.08 Å². The Morgan fingerprint density at radius 2 is 2.07 bits per heavy atom. The predicted molar refractivity (Wildman–Crippen MR) is 105 cm³/mol. The first-order valence-corrected chi connectivity index (χ1v) is 8.43. The third-order valence-corrected chi connectivity index (χ3v) is 3.82. The second kappa shape index (κ2) is 9.44. The largest absolute Gasteiger partial charge is 0.493 e. The summed E-state index contributed by atoms with van der Waals surface area (Å²) in [6.07, 6.45) is 1.35. The van der Waals surface area contributed by atoms with E-state index in [-0.39, 0.29) is 22.1 Å². The lowest BCUT2D eigenvalue weighted by atomic mass is 10.1. The molecule has 2 aromatic rings. The van der Waals surface area contributed by atoms with Crippen LogP contribution in [0, 0.1) is 18.3 Å². The van der Waals surface area contributed by atoms with Gasteiger partial charge in [0.2, 0.25) is 0 Å². The summed E-state index contributed by atoms with van der Waals surface area (Å²) in [6, 6.07) is 12.0. The summed E-state index contributed by atoms with van der Waals surface area (Å²) in [5.41, 5.74) is 1.81. The summed E-state index contributed by atoms with van der Waals surface area (Å²) >= 11 is 6.14. The first-order chi connectivity index (χ1) is 13.3. The number of benzene rings is 2. The van der Waals surface area contributed by atoms with Crippen molar-refractivity contribution < 1.29 is 24.2 Å². The molecule has 0 heterocycles. The number of halogens is 1. The highest BCUT2D eigenvalue weighted by Gasteiger charge is 2.15. The van der Waals surface area contributed by atoms with Gasteiger partial charge in [-0.3, -0.25) is 4.79 Å². The number of ether oxygens (including phenoxy) is 2. The van der Waals surface area contributed by atoms with Gasteiger partial charge in [-0.15, -0.1) is 0 Å². The highest BCUT2D eigenvalue weighted by Crippen LogP contribution is 2.37. The Labute approximate surface area is 166 Å². The predicted octanol–water partition coefficient (Wildman–Crippen LogP) is 3.67. The van der Waals surface area contributed by atoms with Crippen LogP contribution in [0.5, 0.6) is 11.5 Å². The lowest BCUT2D eigenvalue weighted by Gasteiger charge is -2.12. The number of carboxylic acid groups (broad SMARTS) is 1. The van der Waals surface area contributed by atoms with Crippen LogP contribution in [-0.2, 0) is 9.59 Å². The molecule has 28 heavy (non-hydrogen) atoms. The molecule has 2 aromatic carbocycles. The number of anilines is 1. The summed E-state index contributed by atoms with van der Waals surface area (Å²) in [5, 5.41) is 20.8. The van der Waals surface area contributed by atoms with Crippen LogP contribution in [0.2, 0.25) is 5.02 Å². The Bertz CT molecular complexity index is 979. The van der Waals surface area contributed by atoms with Gasteiger partial charge in [0.25, 0.3) is 5.91 Å². The number of carbonyl (C=O) groups excluding carboxylic acids is 1. The van der Waals surface area contributed by atoms with Crippen LogP contribution < -0.4 is 14.8 Å². The lowest BCUT2D eigenvalue weighted by molar-refractivity contribution is -0.139. The number of methoxy groups -OCH3 is 1. The van der Waals surface area contributed by atoms with Crippen molar-refractivity contribution in [1.29, 1.82) is 5.26 Å². The van der Waals surface area contributed by atoms with Crippen LogP contribution in [0.1, 0.15) is 11.1 Å². The number of hydrogen-bond donors (Lipinski definition) is 2. The van der Waals surface area contributed by atoms with Gasteiger partial charge in [0.1, 0.15) is 11.6 Å². The van der Waals surface area contributed by atoms with Crippen molar-refractivity contribution >= 4 is 35.2 Å². The number of nitriles is 1. The minimum Gasteiger partial charge on any atom is -0.493 e. The lowest BCUT2D eigenvalue weighted by Crippen LogP contribution is -2.13. The molecule has 1 amide bonds. The maximum atomic E-state index is 12.4. The van der Waals surface area contributed by atoms with E-state index >= 15 is 0 Å². The summed E-state index contributed by atoms with van der Waals surface area (Å²) in [7, 11) is 1.36. The molecule has 0 saturated carbocycles. The van der Waals surface area contributed by atoms with Gasteiger partial charge in [0.05, 0.1) is 12.1 Å². The average Bonchev–Trinajstić information content (AvgIpc) is 2.64. The molecule has 0 aliphatic rings. The molecule has 0 saturated heterocycles. The number of hydrogen-bond acceptors (Lipinski definition) is 5. The third-order valence-electron chi connectivity index (χ3n) is 3.54. The number of carboxylic acids is 1. The fourth-order valence-corrected chi connectivity index (χ4v) is 2.61. The zero-order valence-electron chi connectivity index (χ0n) is 15.2. The Hall–Kier alpha value is -3.50. The monoisotopic (exact) mass is 400 g/mol. The second-order valence-corrected chi connectivity index (χ2v) is 6.12. The van der Waals surface area contributed by atoms with Crippen molar-refractivity contribution in [1.82, 2.24) is 0 Å². The van der Waals surface area contributed by atoms with Gasteiger partial charge in [0, 0.05) is 5.69 Å². The third kappa shape index (κ3) is 5.50. The van der Waals surface area contributed by atoms with Gasteiger partial charge < -0.3 is 19.9 Å². The number of aryl methyl sites for hydroxylation is 1. The normalized spacial score (nSPS) is 10.7. The quantitative estimate of drug-likeness (QED) is 0.542. The van der Waals surface area contributed by atoms with E-state index in [1.54, 1.807) is 18.2 Å². The maximum absolute atomic E-state index is 12.4. The highest BCUT2D eigenvalue weighted by molar-refractivity contribution is 6.32. The molecule has 0 radical (unpaired) electrons. The molecule has 0 aliphatic carbocycles. The van der Waals surface area contributed by atoms with Crippen LogP contribution in [0.15, 0.2) is 42.0 Å². The second-order valence-electron chi connectivity index (χ2n) is 5.71. The first kappa shape index (κ1) is 20.8. The summed E-state index contributed by atoms with van der Waals surface area (Å²) in [6.45, 7) is 1.30. The van der Waals surface area contributed by atoms with E-state index in [1.807, 2.05) is 19.1 Å². The minimum atomic E-state index is -1.17. The fourth-order valence-electron chi connectivity index (χ4n) is 2.33. The highest BCUT2D eigenvalue weighted by atomic mass is 35.5. The summed E-state index contributed by atoms with van der Waals surface area (Å²) in [5.74, 6) is -1.50. The smallest absolute Gasteiger partial charge is 0.341 e. The molecular formula is C20H17ClN2O5. The molecule has 144 valence electrons. The molecule has 0 spiro atoms. The van der Waals surface area contributed by atoms with E-state index < -0.39 is 18.5 Å². The molecular weight excluding hydrogens is 384 g/mol. The maximum Gasteiger partial charge on any atom is 0.341 e. The summed E-state index contributed by atoms with van der Waals surface area (Å²) in [4.78, 5) is 23.1. The Kier molecular flexibility index (Phi) is 7.02. The molecule has 0 atom stereocenters. The van der Waals surface area contributed by atoms with Crippen LogP contribution in [-0.4, -0.2) is 30.7 Å². The van der Waals surface area contributed by atoms with E-state index in [2.05, 4.69) is 5.32 Å². The van der Waals surface area contributed by atoms with Gasteiger partial charge in [-0.25, -0.2) is 4.79 Å². The van der Waals surface area contributed by atoms with Crippen molar-refractivity contribution in [2.24, 2.45) is 0 Å². The topological polar surface area (TPSA) is 109 Å². The number of rotatable bonds is 7. The Balaban J connectivity index is 2.30. The molecule has 0 unspecified atom stereocenters. The van der Waals surface area contributed by atoms with Gasteiger partial charge >= 0.3 is 5.97 Å². The van der Waals surface area contributed by atoms with Crippen molar-refractivity contribution in [2.45, 2.75) is 6.92 Å². The van der Waals surface area contributed by atoms with E-state index in [4.69, 9.17) is 26.2 Å². The van der Waals surface area contributed by atoms with Gasteiger partial charge in [-0.2, -0.15) is 5.26 Å². The molecule has 2 N–H and O–H groups in total. The molecule has 2 rings (SSSR count). The fraction of sp³-hybridized carbons (Fsp3) is 0.150. The van der Waals surface area contributed by atoms with Crippen molar-refractivity contribution in [3.63, 3.8) is 0 Å². The Morgan fingerprint density at radius 1 is 1.32 bits per heavy atom. The zero-order valence-corrected chi connectivity index (χ0v) is 15.9. The number of aliphatic carboxylic acids is 1. The van der Waals surface area contributed by atoms with E-state index in [9.17, 15) is 14.9 Å². The summed E-state index contributed by atoms with van der Waals surface area (Å²) < 4.78 is 10.3. The Morgan fingerprint density at radius 3 is 2.68 bits per heavy atom. The van der Waals surface area contributed by atoms with Gasteiger partial charge in [0.15, 0.2) is 18.1 Å². The molecule has 0 aromatic heterocycles. The van der Waals surface area contributed by atoms with Crippen molar-refractivity contribution in [3.8, 4) is 17.6 Å². The molecule has 0 fully saturated rings. The number of amides is 1. The minimum absolute atomic E-state index is 0.0615. The van der Waals surface area contributed by atoms with Crippen LogP contribution in [0.3, 0.4) is 0 Å². The number of nitrogens with one attached hydrogen (secondary N) is 1. The van der Waals surface area contributed by atoms with E-state index in [0.717, 1.165) is 5.56 Å². The van der Waals surface area contributed by atoms with Crippen molar-refractivity contribution in [3.05, 3.63) is 58.1 Å². The van der Waals surface area contributed by atoms with Crippen molar-refractivity contribution in [2.75, 3.05) is 19.0 Å². The van der Waals surface area contributed by atoms with Crippen LogP contribution in [0.4, 0.5) is 5.69 Å². The average molecular weight is 401 g/mol. The van der Waals surface area contributed by atoms with Crippen LogP contribution >= 0.6 is 11.6 Å². The van der Waals surface area contributed by atoms with Gasteiger partial charge in [-0.05, 0) is 48.4 Å². The SMILES string of the molecule is COc1cc(/C=C(/C#N)C(=O)Nc2cccc(C)c2)cc(Cl)c1OCC(=O)O. The molecule has 7 nitrogen and oxygen atoms in total. The zero-order chi connectivity index (χ0) is 20.7.